The average molecular weight is 376 g/mol. The topological polar surface area (TPSA) is 99.5 Å². The van der Waals surface area contributed by atoms with Gasteiger partial charge in [-0.15, -0.1) is 0 Å². The van der Waals surface area contributed by atoms with Crippen molar-refractivity contribution in [2.24, 2.45) is 0 Å². The highest BCUT2D eigenvalue weighted by Gasteiger charge is 2.19. The van der Waals surface area contributed by atoms with Gasteiger partial charge in [0.15, 0.2) is 5.43 Å². The molecule has 0 aliphatic carbocycles. The Kier molecular flexibility index (Phi) is 4.60. The normalized spacial score (nSPS) is 11.8. The fraction of sp³-hybridized carbons (Fsp3) is 0.286. The molecule has 4 rings (SSSR count). The monoisotopic (exact) mass is 376 g/mol. The number of nitrogens with two attached hydrogens (primary N) is 1. The third kappa shape index (κ3) is 2.66. The lowest BCUT2D eigenvalue weighted by atomic mass is 10.0. The summed E-state index contributed by atoms with van der Waals surface area (Å²) in [5.41, 5.74) is 9.87. The van der Waals surface area contributed by atoms with Crippen LogP contribution in [0.4, 0.5) is 11.4 Å². The molecule has 0 unspecified atom stereocenters. The number of fused-ring (bicyclic) bond motifs is 2. The molecule has 4 aromatic rings. The van der Waals surface area contributed by atoms with Crippen molar-refractivity contribution >= 4 is 44.9 Å². The van der Waals surface area contributed by atoms with Gasteiger partial charge in [-0.2, -0.15) is 0 Å². The number of pyridine rings is 1. The Morgan fingerprint density at radius 3 is 2.71 bits per heavy atom. The van der Waals surface area contributed by atoms with Gasteiger partial charge < -0.3 is 21.4 Å². The second-order valence-corrected chi connectivity index (χ2v) is 6.86. The molecule has 0 atom stereocenters. The quantitative estimate of drug-likeness (QED) is 0.262. The maximum absolute atomic E-state index is 13.5. The highest BCUT2D eigenvalue weighted by molar-refractivity contribution is 6.11. The van der Waals surface area contributed by atoms with E-state index in [-0.39, 0.29) is 5.43 Å². The summed E-state index contributed by atoms with van der Waals surface area (Å²) < 4.78 is 1.92. The average Bonchev–Trinajstić information content (AvgIpc) is 3.14. The number of nitrogen functional groups attached to an aromatic ring is 1. The summed E-state index contributed by atoms with van der Waals surface area (Å²) in [5, 5.41) is 12.2. The van der Waals surface area contributed by atoms with E-state index in [1.165, 1.54) is 0 Å². The van der Waals surface area contributed by atoms with Gasteiger partial charge in [0, 0.05) is 36.2 Å². The van der Waals surface area contributed by atoms with E-state index in [0.717, 1.165) is 49.1 Å². The van der Waals surface area contributed by atoms with Crippen LogP contribution in [0.5, 0.6) is 0 Å². The molecule has 0 spiro atoms. The Bertz CT molecular complexity index is 1220. The molecule has 4 N–H and O–H groups in total. The van der Waals surface area contributed by atoms with Gasteiger partial charge in [0.25, 0.3) is 0 Å². The summed E-state index contributed by atoms with van der Waals surface area (Å²) in [4.78, 5) is 20.3. The number of likely N-dealkylation sites (N-methyl/N-ethyl adjacent to an activating group) is 1. The molecule has 144 valence electrons. The van der Waals surface area contributed by atoms with Crippen LogP contribution < -0.4 is 16.5 Å². The number of benzene rings is 2. The van der Waals surface area contributed by atoms with Crippen LogP contribution in [0.3, 0.4) is 0 Å². The van der Waals surface area contributed by atoms with Crippen LogP contribution in [0.15, 0.2) is 35.4 Å². The molecule has 0 amide bonds. The van der Waals surface area contributed by atoms with E-state index in [4.69, 9.17) is 11.1 Å². The molecule has 0 saturated heterocycles. The summed E-state index contributed by atoms with van der Waals surface area (Å²) in [6.45, 7) is 7.90. The van der Waals surface area contributed by atoms with Crippen molar-refractivity contribution in [2.45, 2.75) is 13.8 Å². The second-order valence-electron chi connectivity index (χ2n) is 6.86. The summed E-state index contributed by atoms with van der Waals surface area (Å²) in [7, 11) is 0. The lowest BCUT2D eigenvalue weighted by molar-refractivity contribution is 0.316. The fourth-order valence-corrected chi connectivity index (χ4v) is 3.90. The van der Waals surface area contributed by atoms with Crippen LogP contribution >= 0.6 is 0 Å². The molecule has 2 aromatic heterocycles. The Morgan fingerprint density at radius 1 is 1.21 bits per heavy atom. The molecule has 0 aliphatic rings. The van der Waals surface area contributed by atoms with Crippen molar-refractivity contribution < 1.29 is 0 Å². The van der Waals surface area contributed by atoms with E-state index in [0.29, 0.717) is 27.5 Å². The maximum atomic E-state index is 13.5. The van der Waals surface area contributed by atoms with Gasteiger partial charge in [0.05, 0.1) is 27.3 Å². The summed E-state index contributed by atoms with van der Waals surface area (Å²) >= 11 is 0. The number of aromatic nitrogens is 2. The van der Waals surface area contributed by atoms with Gasteiger partial charge in [-0.1, -0.05) is 13.8 Å². The first-order valence-electron chi connectivity index (χ1n) is 9.55. The standard InChI is InChI=1S/C21H24N6O/c1-3-26(4-2)10-9-24-15-6-7-16-20-19(15)21(28)18-13(11-22)14(23)5-8-17(18)27(20)12-25-16/h5-8,11-12,22,24H,3-4,9-10,23H2,1-2H3. The van der Waals surface area contributed by atoms with Crippen molar-refractivity contribution in [1.29, 1.82) is 5.41 Å². The van der Waals surface area contributed by atoms with Gasteiger partial charge in [-0.05, 0) is 37.4 Å². The smallest absolute Gasteiger partial charge is 0.200 e. The van der Waals surface area contributed by atoms with Crippen molar-refractivity contribution in [3.63, 3.8) is 0 Å². The minimum Gasteiger partial charge on any atom is -0.398 e. The van der Waals surface area contributed by atoms with E-state index >= 15 is 0 Å². The van der Waals surface area contributed by atoms with Gasteiger partial charge in [0.2, 0.25) is 0 Å². The van der Waals surface area contributed by atoms with Crippen LogP contribution in [0.25, 0.3) is 27.3 Å². The predicted octanol–water partition coefficient (Wildman–Crippen LogP) is 2.77. The fourth-order valence-electron chi connectivity index (χ4n) is 3.90. The summed E-state index contributed by atoms with van der Waals surface area (Å²) in [6, 6.07) is 7.40. The number of hydrogen-bond acceptors (Lipinski definition) is 6. The van der Waals surface area contributed by atoms with Gasteiger partial charge in [-0.25, -0.2) is 4.98 Å². The van der Waals surface area contributed by atoms with Gasteiger partial charge in [0.1, 0.15) is 6.33 Å². The molecule has 0 radical (unpaired) electrons. The number of rotatable bonds is 7. The van der Waals surface area contributed by atoms with E-state index < -0.39 is 0 Å². The lowest BCUT2D eigenvalue weighted by Crippen LogP contribution is -2.28. The molecule has 0 bridgehead atoms. The highest BCUT2D eigenvalue weighted by Crippen LogP contribution is 2.30. The molecule has 2 heterocycles. The van der Waals surface area contributed by atoms with Crippen molar-refractivity contribution in [1.82, 2.24) is 14.3 Å². The van der Waals surface area contributed by atoms with Crippen LogP contribution in [0.1, 0.15) is 19.4 Å². The van der Waals surface area contributed by atoms with Crippen LogP contribution in [-0.4, -0.2) is 46.7 Å². The summed E-state index contributed by atoms with van der Waals surface area (Å²) in [6.07, 6.45) is 2.88. The van der Waals surface area contributed by atoms with E-state index in [1.807, 2.05) is 22.6 Å². The maximum Gasteiger partial charge on any atom is 0.200 e. The van der Waals surface area contributed by atoms with Crippen molar-refractivity contribution in [2.75, 3.05) is 37.2 Å². The van der Waals surface area contributed by atoms with Gasteiger partial charge >= 0.3 is 0 Å². The zero-order valence-electron chi connectivity index (χ0n) is 16.1. The first-order valence-corrected chi connectivity index (χ1v) is 9.55. The number of nitrogens with zero attached hydrogens (tertiary/aromatic N) is 3. The van der Waals surface area contributed by atoms with Crippen LogP contribution in [0, 0.1) is 5.41 Å². The van der Waals surface area contributed by atoms with Crippen LogP contribution in [0.2, 0.25) is 0 Å². The molecule has 2 aromatic carbocycles. The van der Waals surface area contributed by atoms with Crippen LogP contribution in [-0.2, 0) is 0 Å². The summed E-state index contributed by atoms with van der Waals surface area (Å²) in [5.74, 6) is 0. The number of nitrogens with one attached hydrogen (secondary N) is 2. The first kappa shape index (κ1) is 18.2. The van der Waals surface area contributed by atoms with Crippen molar-refractivity contribution in [3.05, 3.63) is 46.4 Å². The first-order chi connectivity index (χ1) is 13.6. The number of hydrogen-bond donors (Lipinski definition) is 3. The lowest BCUT2D eigenvalue weighted by Gasteiger charge is -2.19. The zero-order chi connectivity index (χ0) is 19.8. The molecule has 0 fully saturated rings. The number of anilines is 2. The van der Waals surface area contributed by atoms with E-state index in [1.54, 1.807) is 12.4 Å². The third-order valence-corrected chi connectivity index (χ3v) is 5.46. The highest BCUT2D eigenvalue weighted by atomic mass is 16.1. The molecule has 7 nitrogen and oxygen atoms in total. The molecule has 28 heavy (non-hydrogen) atoms. The minimum absolute atomic E-state index is 0.121. The molecular formula is C21H24N6O. The van der Waals surface area contributed by atoms with E-state index in [9.17, 15) is 4.79 Å². The molecule has 0 aliphatic heterocycles. The molecule has 0 saturated carbocycles. The second kappa shape index (κ2) is 7.09. The molecule has 7 heteroatoms. The minimum atomic E-state index is -0.121. The Morgan fingerprint density at radius 2 is 2.00 bits per heavy atom. The zero-order valence-corrected chi connectivity index (χ0v) is 16.1. The SMILES string of the molecule is CCN(CC)CCNc1ccc2ncn3c4ccc(N)c(C=N)c4c(=O)c1c23. The van der Waals surface area contributed by atoms with Crippen molar-refractivity contribution in [3.8, 4) is 0 Å². The largest absolute Gasteiger partial charge is 0.398 e. The molecular weight excluding hydrogens is 352 g/mol. The van der Waals surface area contributed by atoms with E-state index in [2.05, 4.69) is 29.0 Å². The third-order valence-electron chi connectivity index (χ3n) is 5.46. The number of imidazole rings is 1. The predicted molar refractivity (Wildman–Crippen MR) is 116 cm³/mol. The Labute approximate surface area is 162 Å². The van der Waals surface area contributed by atoms with Gasteiger partial charge in [-0.3, -0.25) is 9.20 Å². The Balaban J connectivity index is 1.95. The Hall–Kier alpha value is -3.19.